The van der Waals surface area contributed by atoms with Gasteiger partial charge in [-0.05, 0) is 0 Å². The van der Waals surface area contributed by atoms with Gasteiger partial charge >= 0.3 is 193 Å². The van der Waals surface area contributed by atoms with Gasteiger partial charge in [-0.25, -0.2) is 0 Å². The van der Waals surface area contributed by atoms with Gasteiger partial charge in [-0.15, -0.1) is 0 Å². The number of rotatable bonds is 5. The summed E-state index contributed by atoms with van der Waals surface area (Å²) >= 11 is -2.12. The molecule has 0 N–H and O–H groups in total. The molecule has 0 saturated carbocycles. The fourth-order valence-corrected chi connectivity index (χ4v) is 36.5. The minimum atomic E-state index is -2.12. The van der Waals surface area contributed by atoms with Crippen LogP contribution < -0.4 is 0 Å². The minimum absolute atomic E-state index is 0.615. The van der Waals surface area contributed by atoms with Gasteiger partial charge in [0.05, 0.1) is 0 Å². The standard InChI is InChI=1S/C17H17.C9H13.C2H7Si.Hf/c1-12(2)11-14-8-10-17-15-6-4-3-5-13(15)7-9-16(14)17;1-6-5-7(2)9(4)8(6)3;1-3-2;/h3-9,12,14H,11H2,1-2H3;5H,1-4H3;3H,1-2H3;/q;;;+1. The first kappa shape index (κ1) is 22.2. The third-order valence-corrected chi connectivity index (χ3v) is 36.6. The van der Waals surface area contributed by atoms with Crippen molar-refractivity contribution < 1.29 is 20.6 Å². The normalized spacial score (nSPS) is 19.5. The molecule has 4 rings (SSSR count). The van der Waals surface area contributed by atoms with Crippen LogP contribution in [-0.4, -0.2) is 5.98 Å². The summed E-state index contributed by atoms with van der Waals surface area (Å²) in [6, 6.07) is 14.0. The van der Waals surface area contributed by atoms with E-state index in [0.29, 0.717) is 5.92 Å². The molecule has 2 aliphatic rings. The predicted molar refractivity (Wildman–Crippen MR) is 133 cm³/mol. The van der Waals surface area contributed by atoms with Crippen LogP contribution in [0, 0.1) is 5.92 Å². The van der Waals surface area contributed by atoms with Gasteiger partial charge in [-0.3, -0.25) is 0 Å². The maximum atomic E-state index is 2.79. The topological polar surface area (TPSA) is 0 Å². The van der Waals surface area contributed by atoms with E-state index in [1.54, 1.807) is 33.4 Å². The first-order valence-electron chi connectivity index (χ1n) is 11.7. The Morgan fingerprint density at radius 1 is 0.900 bits per heavy atom. The second-order valence-corrected chi connectivity index (χ2v) is 37.4. The average Bonchev–Trinajstić information content (AvgIpc) is 3.14. The van der Waals surface area contributed by atoms with Gasteiger partial charge in [0.25, 0.3) is 0 Å². The molecule has 0 heterocycles. The van der Waals surface area contributed by atoms with Crippen LogP contribution >= 0.6 is 0 Å². The Balaban J connectivity index is 1.94. The molecule has 0 spiro atoms. The van der Waals surface area contributed by atoms with Gasteiger partial charge < -0.3 is 0 Å². The molecular weight excluding hydrogens is 543 g/mol. The molecule has 2 aromatic carbocycles. The van der Waals surface area contributed by atoms with E-state index in [1.165, 1.54) is 17.2 Å². The van der Waals surface area contributed by atoms with Gasteiger partial charge in [0, 0.05) is 0 Å². The Morgan fingerprint density at radius 2 is 1.53 bits per heavy atom. The van der Waals surface area contributed by atoms with E-state index in [9.17, 15) is 0 Å². The summed E-state index contributed by atoms with van der Waals surface area (Å²) in [5.74, 6) is 0.597. The van der Waals surface area contributed by atoms with Crippen molar-refractivity contribution in [1.29, 1.82) is 0 Å². The molecule has 0 nitrogen and oxygen atoms in total. The quantitative estimate of drug-likeness (QED) is 0.312. The molecule has 2 aliphatic carbocycles. The molecular formula is C28H37HfSi+. The Bertz CT molecular complexity index is 1060. The Morgan fingerprint density at radius 3 is 2.13 bits per heavy atom. The zero-order valence-corrected chi connectivity index (χ0v) is 24.8. The molecule has 0 saturated heterocycles. The van der Waals surface area contributed by atoms with E-state index in [2.05, 4.69) is 97.1 Å². The fourth-order valence-electron chi connectivity index (χ4n) is 5.83. The molecule has 0 fully saturated rings. The summed E-state index contributed by atoms with van der Waals surface area (Å²) in [7, 11) is 0. The first-order valence-corrected chi connectivity index (χ1v) is 24.7. The van der Waals surface area contributed by atoms with Gasteiger partial charge in [0.1, 0.15) is 0 Å². The van der Waals surface area contributed by atoms with Crippen LogP contribution in [-0.2, 0) is 20.6 Å². The summed E-state index contributed by atoms with van der Waals surface area (Å²) < 4.78 is 2.68. The van der Waals surface area contributed by atoms with E-state index < -0.39 is 26.6 Å². The summed E-state index contributed by atoms with van der Waals surface area (Å²) in [5, 5.41) is 2.93. The zero-order chi connectivity index (χ0) is 21.7. The Hall–Kier alpha value is -0.993. The van der Waals surface area contributed by atoms with Crippen LogP contribution in [0.4, 0.5) is 0 Å². The van der Waals surface area contributed by atoms with Crippen molar-refractivity contribution >= 4 is 20.1 Å². The SMILES string of the molecule is CC1=C(C)[CH]([Hf+]([C]2=CC(CC(C)C)c3ccc4ccccc4c32)[SiH](C)C)C(C)=C1C. The molecule has 0 aromatic heterocycles. The molecule has 1 atom stereocenters. The predicted octanol–water partition coefficient (Wildman–Crippen LogP) is 8.40. The summed E-state index contributed by atoms with van der Waals surface area (Å²) in [5.41, 5.74) is 9.90. The number of hydrogen-bond donors (Lipinski definition) is 0. The number of hydrogen-bond acceptors (Lipinski definition) is 0. The van der Waals surface area contributed by atoms with Crippen LogP contribution in [0.3, 0.4) is 0 Å². The average molecular weight is 580 g/mol. The Labute approximate surface area is 192 Å². The van der Waals surface area contributed by atoms with Crippen molar-refractivity contribution in [1.82, 2.24) is 0 Å². The second-order valence-electron chi connectivity index (χ2n) is 10.2. The second kappa shape index (κ2) is 8.51. The number of fused-ring (bicyclic) bond motifs is 3. The molecule has 30 heavy (non-hydrogen) atoms. The van der Waals surface area contributed by atoms with Crippen molar-refractivity contribution in [3.8, 4) is 0 Å². The maximum absolute atomic E-state index is 2.79. The van der Waals surface area contributed by atoms with Gasteiger partial charge in [0.2, 0.25) is 0 Å². The first-order chi connectivity index (χ1) is 14.2. The number of allylic oxidation sites excluding steroid dienone is 5. The van der Waals surface area contributed by atoms with Crippen LogP contribution in [0.15, 0.2) is 64.8 Å². The molecule has 0 bridgehead atoms. The van der Waals surface area contributed by atoms with Crippen LogP contribution in [0.5, 0.6) is 0 Å². The van der Waals surface area contributed by atoms with Crippen molar-refractivity contribution in [3.63, 3.8) is 0 Å². The van der Waals surface area contributed by atoms with E-state index >= 15 is 0 Å². The monoisotopic (exact) mass is 581 g/mol. The van der Waals surface area contributed by atoms with Crippen LogP contribution in [0.1, 0.15) is 65.0 Å². The van der Waals surface area contributed by atoms with Gasteiger partial charge in [-0.2, -0.15) is 0 Å². The third-order valence-electron chi connectivity index (χ3n) is 7.58. The van der Waals surface area contributed by atoms with Crippen molar-refractivity contribution in [3.05, 3.63) is 75.9 Å². The van der Waals surface area contributed by atoms with E-state index in [1.807, 2.05) is 3.33 Å². The molecule has 1 unspecified atom stereocenters. The van der Waals surface area contributed by atoms with E-state index in [0.717, 1.165) is 9.59 Å². The van der Waals surface area contributed by atoms with E-state index in [-0.39, 0.29) is 0 Å². The third kappa shape index (κ3) is 3.62. The van der Waals surface area contributed by atoms with Crippen LogP contribution in [0.25, 0.3) is 14.1 Å². The molecule has 2 heteroatoms. The summed E-state index contributed by atoms with van der Waals surface area (Å²) in [4.78, 5) is 0. The fraction of sp³-hybridized carbons (Fsp3) is 0.429. The molecule has 2 aromatic rings. The molecule has 0 radical (unpaired) electrons. The summed E-state index contributed by atoms with van der Waals surface area (Å²) in [6.07, 6.45) is 4.07. The van der Waals surface area contributed by atoms with Gasteiger partial charge in [0.15, 0.2) is 0 Å². The number of benzene rings is 2. The van der Waals surface area contributed by atoms with Crippen molar-refractivity contribution in [2.24, 2.45) is 5.92 Å². The summed E-state index contributed by atoms with van der Waals surface area (Å²) in [6.45, 7) is 19.7. The van der Waals surface area contributed by atoms with Crippen molar-refractivity contribution in [2.45, 2.75) is 70.6 Å². The molecule has 156 valence electrons. The molecule has 0 amide bonds. The van der Waals surface area contributed by atoms with E-state index in [4.69, 9.17) is 0 Å². The van der Waals surface area contributed by atoms with Crippen molar-refractivity contribution in [2.75, 3.05) is 0 Å². The molecule has 0 aliphatic heterocycles. The Kier molecular flexibility index (Phi) is 6.30. The van der Waals surface area contributed by atoms with Gasteiger partial charge in [-0.1, -0.05) is 0 Å². The zero-order valence-electron chi connectivity index (χ0n) is 20.1. The van der Waals surface area contributed by atoms with Crippen LogP contribution in [0.2, 0.25) is 16.8 Å².